The van der Waals surface area contributed by atoms with E-state index in [-0.39, 0.29) is 5.41 Å². The molecule has 3 nitrogen and oxygen atoms in total. The van der Waals surface area contributed by atoms with Gasteiger partial charge in [-0.05, 0) is 42.5 Å². The number of morpholine rings is 1. The zero-order valence-electron chi connectivity index (χ0n) is 13.4. The molecule has 0 spiro atoms. The summed E-state index contributed by atoms with van der Waals surface area (Å²) >= 11 is 0. The standard InChI is InChI=1S/C17H27NO2/c1-16(2,3)13-10-14(17(4,5)19)12-15(11-13)18-6-8-20-9-7-18/h10-12,19H,6-9H2,1-5H3. The normalized spacial score (nSPS) is 17.4. The van der Waals surface area contributed by atoms with Crippen LogP contribution < -0.4 is 4.90 Å². The molecule has 2 rings (SSSR count). The first-order valence-electron chi connectivity index (χ1n) is 7.39. The molecular formula is C17H27NO2. The van der Waals surface area contributed by atoms with E-state index in [1.807, 2.05) is 13.8 Å². The summed E-state index contributed by atoms with van der Waals surface area (Å²) in [7, 11) is 0. The molecule has 1 aliphatic rings. The van der Waals surface area contributed by atoms with Crippen molar-refractivity contribution >= 4 is 5.69 Å². The first-order chi connectivity index (χ1) is 9.18. The van der Waals surface area contributed by atoms with E-state index in [1.165, 1.54) is 11.3 Å². The van der Waals surface area contributed by atoms with E-state index in [9.17, 15) is 5.11 Å². The van der Waals surface area contributed by atoms with Gasteiger partial charge in [0.15, 0.2) is 0 Å². The molecule has 1 N–H and O–H groups in total. The molecule has 1 heterocycles. The van der Waals surface area contributed by atoms with Crippen LogP contribution in [0.15, 0.2) is 18.2 Å². The second-order valence-corrected chi connectivity index (χ2v) is 7.18. The summed E-state index contributed by atoms with van der Waals surface area (Å²) < 4.78 is 5.43. The van der Waals surface area contributed by atoms with Crippen molar-refractivity contribution in [2.24, 2.45) is 0 Å². The van der Waals surface area contributed by atoms with Gasteiger partial charge in [-0.1, -0.05) is 26.8 Å². The lowest BCUT2D eigenvalue weighted by molar-refractivity contribution is 0.0784. The van der Waals surface area contributed by atoms with Gasteiger partial charge in [0.1, 0.15) is 0 Å². The quantitative estimate of drug-likeness (QED) is 0.902. The minimum atomic E-state index is -0.817. The lowest BCUT2D eigenvalue weighted by Crippen LogP contribution is -2.36. The molecule has 0 aliphatic carbocycles. The first-order valence-corrected chi connectivity index (χ1v) is 7.39. The summed E-state index contributed by atoms with van der Waals surface area (Å²) in [5.41, 5.74) is 2.69. The number of aliphatic hydroxyl groups is 1. The number of nitrogens with zero attached hydrogens (tertiary/aromatic N) is 1. The lowest BCUT2D eigenvalue weighted by Gasteiger charge is -2.32. The van der Waals surface area contributed by atoms with Crippen molar-refractivity contribution < 1.29 is 9.84 Å². The highest BCUT2D eigenvalue weighted by molar-refractivity contribution is 5.54. The molecule has 0 unspecified atom stereocenters. The second-order valence-electron chi connectivity index (χ2n) is 7.18. The van der Waals surface area contributed by atoms with E-state index in [0.29, 0.717) is 0 Å². The summed E-state index contributed by atoms with van der Waals surface area (Å²) in [5, 5.41) is 10.4. The van der Waals surface area contributed by atoms with Crippen LogP contribution in [0.5, 0.6) is 0 Å². The maximum absolute atomic E-state index is 10.4. The molecule has 1 aromatic rings. The molecule has 0 bridgehead atoms. The van der Waals surface area contributed by atoms with Crippen molar-refractivity contribution in [3.63, 3.8) is 0 Å². The van der Waals surface area contributed by atoms with Crippen LogP contribution in [0.25, 0.3) is 0 Å². The third kappa shape index (κ3) is 3.53. The topological polar surface area (TPSA) is 32.7 Å². The van der Waals surface area contributed by atoms with Gasteiger partial charge in [-0.3, -0.25) is 0 Å². The van der Waals surface area contributed by atoms with Crippen molar-refractivity contribution in [2.75, 3.05) is 31.2 Å². The minimum absolute atomic E-state index is 0.0717. The Morgan fingerprint density at radius 3 is 2.00 bits per heavy atom. The Morgan fingerprint density at radius 1 is 0.950 bits per heavy atom. The van der Waals surface area contributed by atoms with Crippen LogP contribution in [0.3, 0.4) is 0 Å². The number of ether oxygens (including phenoxy) is 1. The van der Waals surface area contributed by atoms with Crippen LogP contribution in [-0.4, -0.2) is 31.4 Å². The summed E-state index contributed by atoms with van der Waals surface area (Å²) in [5.74, 6) is 0. The van der Waals surface area contributed by atoms with Gasteiger partial charge in [-0.25, -0.2) is 0 Å². The molecule has 0 radical (unpaired) electrons. The fourth-order valence-corrected chi connectivity index (χ4v) is 2.40. The molecule has 1 fully saturated rings. The minimum Gasteiger partial charge on any atom is -0.386 e. The first kappa shape index (κ1) is 15.3. The smallest absolute Gasteiger partial charge is 0.0841 e. The van der Waals surface area contributed by atoms with Gasteiger partial charge < -0.3 is 14.7 Å². The van der Waals surface area contributed by atoms with E-state index in [4.69, 9.17) is 4.74 Å². The summed E-state index contributed by atoms with van der Waals surface area (Å²) in [6.07, 6.45) is 0. The van der Waals surface area contributed by atoms with E-state index in [0.717, 1.165) is 31.9 Å². The molecule has 1 aromatic carbocycles. The van der Waals surface area contributed by atoms with Crippen LogP contribution in [0.1, 0.15) is 45.7 Å². The Bertz CT molecular complexity index is 431. The maximum Gasteiger partial charge on any atom is 0.0841 e. The average molecular weight is 277 g/mol. The van der Waals surface area contributed by atoms with Gasteiger partial charge >= 0.3 is 0 Å². The summed E-state index contributed by atoms with van der Waals surface area (Å²) in [6.45, 7) is 13.7. The fourth-order valence-electron chi connectivity index (χ4n) is 2.40. The molecule has 3 heteroatoms. The van der Waals surface area contributed by atoms with Gasteiger partial charge in [0, 0.05) is 18.8 Å². The molecule has 0 saturated carbocycles. The average Bonchev–Trinajstić information content (AvgIpc) is 2.37. The highest BCUT2D eigenvalue weighted by Gasteiger charge is 2.23. The number of rotatable bonds is 2. The van der Waals surface area contributed by atoms with Gasteiger partial charge in [0.05, 0.1) is 18.8 Å². The Hall–Kier alpha value is -1.06. The third-order valence-electron chi connectivity index (χ3n) is 3.87. The van der Waals surface area contributed by atoms with Gasteiger partial charge in [-0.2, -0.15) is 0 Å². The highest BCUT2D eigenvalue weighted by atomic mass is 16.5. The number of hydrogen-bond acceptors (Lipinski definition) is 3. The van der Waals surface area contributed by atoms with E-state index < -0.39 is 5.60 Å². The molecule has 0 amide bonds. The molecule has 1 aliphatic heterocycles. The molecular weight excluding hydrogens is 250 g/mol. The number of hydrogen-bond donors (Lipinski definition) is 1. The zero-order chi connectivity index (χ0) is 15.0. The van der Waals surface area contributed by atoms with Crippen LogP contribution in [0.4, 0.5) is 5.69 Å². The molecule has 112 valence electrons. The van der Waals surface area contributed by atoms with Gasteiger partial charge in [-0.15, -0.1) is 0 Å². The number of benzene rings is 1. The summed E-state index contributed by atoms with van der Waals surface area (Å²) in [4.78, 5) is 2.34. The molecule has 0 atom stereocenters. The van der Waals surface area contributed by atoms with Crippen molar-refractivity contribution in [2.45, 2.75) is 45.6 Å². The van der Waals surface area contributed by atoms with Crippen molar-refractivity contribution in [1.82, 2.24) is 0 Å². The van der Waals surface area contributed by atoms with Crippen LogP contribution >= 0.6 is 0 Å². The molecule has 0 aromatic heterocycles. The van der Waals surface area contributed by atoms with Gasteiger partial charge in [0.2, 0.25) is 0 Å². The zero-order valence-corrected chi connectivity index (χ0v) is 13.4. The number of anilines is 1. The highest BCUT2D eigenvalue weighted by Crippen LogP contribution is 2.32. The predicted octanol–water partition coefficient (Wildman–Crippen LogP) is 3.05. The van der Waals surface area contributed by atoms with Gasteiger partial charge in [0.25, 0.3) is 0 Å². The summed E-state index contributed by atoms with van der Waals surface area (Å²) in [6, 6.07) is 6.49. The Kier molecular flexibility index (Phi) is 4.12. The van der Waals surface area contributed by atoms with Crippen LogP contribution in [0, 0.1) is 0 Å². The predicted molar refractivity (Wildman–Crippen MR) is 83.4 cm³/mol. The Balaban J connectivity index is 2.45. The Labute approximate surface area is 122 Å². The van der Waals surface area contributed by atoms with E-state index in [2.05, 4.69) is 43.9 Å². The monoisotopic (exact) mass is 277 g/mol. The molecule has 20 heavy (non-hydrogen) atoms. The fraction of sp³-hybridized carbons (Fsp3) is 0.647. The van der Waals surface area contributed by atoms with E-state index >= 15 is 0 Å². The van der Waals surface area contributed by atoms with Crippen molar-refractivity contribution in [1.29, 1.82) is 0 Å². The van der Waals surface area contributed by atoms with E-state index in [1.54, 1.807) is 0 Å². The Morgan fingerprint density at radius 2 is 1.50 bits per heavy atom. The lowest BCUT2D eigenvalue weighted by atomic mass is 9.83. The van der Waals surface area contributed by atoms with Crippen molar-refractivity contribution in [3.05, 3.63) is 29.3 Å². The third-order valence-corrected chi connectivity index (χ3v) is 3.87. The van der Waals surface area contributed by atoms with Crippen LogP contribution in [-0.2, 0) is 15.8 Å². The molecule has 1 saturated heterocycles. The maximum atomic E-state index is 10.4. The van der Waals surface area contributed by atoms with Crippen molar-refractivity contribution in [3.8, 4) is 0 Å². The largest absolute Gasteiger partial charge is 0.386 e. The second kappa shape index (κ2) is 5.38. The SMILES string of the molecule is CC(C)(C)c1cc(N2CCOCC2)cc(C(C)(C)O)c1. The van der Waals surface area contributed by atoms with Crippen LogP contribution in [0.2, 0.25) is 0 Å².